The van der Waals surface area contributed by atoms with E-state index in [0.29, 0.717) is 30.5 Å². The number of ether oxygens (including phenoxy) is 1. The number of hydrogen-bond donors (Lipinski definition) is 6. The van der Waals surface area contributed by atoms with E-state index in [1.807, 2.05) is 87.8 Å². The van der Waals surface area contributed by atoms with Gasteiger partial charge in [0.25, 0.3) is 0 Å². The van der Waals surface area contributed by atoms with Crippen LogP contribution in [0.3, 0.4) is 0 Å². The Morgan fingerprint density at radius 2 is 1.53 bits per heavy atom. The summed E-state index contributed by atoms with van der Waals surface area (Å²) in [4.78, 5) is 60.7. The highest BCUT2D eigenvalue weighted by Crippen LogP contribution is 2.32. The first-order valence-electron chi connectivity index (χ1n) is 22.6. The quantitative estimate of drug-likeness (QED) is 0.0410. The van der Waals surface area contributed by atoms with E-state index < -0.39 is 35.6 Å². The van der Waals surface area contributed by atoms with Gasteiger partial charge in [0.2, 0.25) is 23.6 Å². The molecule has 0 saturated carbocycles. The molecule has 3 aromatic carbocycles. The van der Waals surface area contributed by atoms with Crippen molar-refractivity contribution in [1.82, 2.24) is 36.0 Å². The van der Waals surface area contributed by atoms with Gasteiger partial charge in [-0.3, -0.25) is 19.2 Å². The topological polar surface area (TPSA) is 222 Å². The van der Waals surface area contributed by atoms with Gasteiger partial charge in [-0.1, -0.05) is 113 Å². The number of phenolic OH excluding ortho intramolecular Hbond substituents is 1. The molecule has 0 bridgehead atoms. The average Bonchev–Trinajstić information content (AvgIpc) is 3.92. The Morgan fingerprint density at radius 1 is 0.879 bits per heavy atom. The van der Waals surface area contributed by atoms with Gasteiger partial charge in [0.1, 0.15) is 30.1 Å². The number of nitrogens with zero attached hydrogens (tertiary/aromatic N) is 4. The second kappa shape index (κ2) is 23.2. The van der Waals surface area contributed by atoms with Gasteiger partial charge in [0.15, 0.2) is 11.6 Å². The van der Waals surface area contributed by atoms with E-state index in [4.69, 9.17) is 10.5 Å². The number of thiazole rings is 1. The number of unbranched alkanes of at least 4 members (excludes halogenated alkanes) is 5. The number of para-hydroxylation sites is 1. The maximum absolute atomic E-state index is 14.0. The Labute approximate surface area is 390 Å². The number of likely N-dealkylation sites (tertiary alicyclic amines) is 1. The van der Waals surface area contributed by atoms with E-state index in [2.05, 4.69) is 31.1 Å². The highest BCUT2D eigenvalue weighted by molar-refractivity contribution is 7.13. The van der Waals surface area contributed by atoms with E-state index >= 15 is 0 Å². The van der Waals surface area contributed by atoms with Gasteiger partial charge in [-0.05, 0) is 54.0 Å². The first-order chi connectivity index (χ1) is 31.7. The number of hydrogen-bond acceptors (Lipinski definition) is 12. The lowest BCUT2D eigenvalue weighted by Crippen LogP contribution is -2.57. The summed E-state index contributed by atoms with van der Waals surface area (Å²) in [5.74, 6) is -0.667. The highest BCUT2D eigenvalue weighted by atomic mass is 32.1. The Balaban J connectivity index is 0.904. The van der Waals surface area contributed by atoms with Crippen molar-refractivity contribution in [3.05, 3.63) is 107 Å². The van der Waals surface area contributed by atoms with Crippen molar-refractivity contribution >= 4 is 40.8 Å². The molecule has 7 N–H and O–H groups in total. The minimum atomic E-state index is -0.888. The van der Waals surface area contributed by atoms with Gasteiger partial charge >= 0.3 is 0 Å². The molecule has 4 amide bonds. The number of carbonyl (C=O) groups excluding carboxylic acids is 4. The molecule has 3 heterocycles. The van der Waals surface area contributed by atoms with Gasteiger partial charge in [0, 0.05) is 44.0 Å². The van der Waals surface area contributed by atoms with E-state index in [-0.39, 0.29) is 67.6 Å². The fraction of sp³-hybridized carbons (Fsp3) is 0.420. The van der Waals surface area contributed by atoms with Crippen molar-refractivity contribution in [3.8, 4) is 33.2 Å². The monoisotopic (exact) mass is 918 g/mol. The molecule has 1 fully saturated rings. The third-order valence-corrected chi connectivity index (χ3v) is 12.7. The van der Waals surface area contributed by atoms with Crippen LogP contribution in [0, 0.1) is 12.3 Å². The number of β-amino-alcohol motifs (C(OH)–C–C–N with tert-alkyl or cyclic N) is 1. The summed E-state index contributed by atoms with van der Waals surface area (Å²) in [6, 6.07) is 23.6. The number of carbonyl (C=O) groups is 4. The number of benzene rings is 3. The molecule has 4 atom stereocenters. The smallest absolute Gasteiger partial charge is 0.246 e. The number of nitrogens with one attached hydrogen (secondary N) is 3. The van der Waals surface area contributed by atoms with Gasteiger partial charge in [-0.2, -0.15) is 0 Å². The molecule has 2 aromatic heterocycles. The Morgan fingerprint density at radius 3 is 2.18 bits per heavy atom. The number of aliphatic hydroxyl groups excluding tert-OH is 1. The number of rotatable bonds is 21. The van der Waals surface area contributed by atoms with E-state index in [9.17, 15) is 29.4 Å². The summed E-state index contributed by atoms with van der Waals surface area (Å²) >= 11 is 1.57. The zero-order valence-electron chi connectivity index (χ0n) is 38.2. The second-order valence-corrected chi connectivity index (χ2v) is 18.8. The van der Waals surface area contributed by atoms with Crippen LogP contribution in [0.2, 0.25) is 0 Å². The van der Waals surface area contributed by atoms with Gasteiger partial charge < -0.3 is 41.5 Å². The Kier molecular flexibility index (Phi) is 17.2. The van der Waals surface area contributed by atoms with Gasteiger partial charge in [-0.25, -0.2) is 4.98 Å². The number of phenols is 1. The average molecular weight is 919 g/mol. The normalized spacial score (nSPS) is 15.7. The molecule has 1 aliphatic heterocycles. The summed E-state index contributed by atoms with van der Waals surface area (Å²) in [5, 5.41) is 38.0. The molecule has 1 saturated heterocycles. The minimum absolute atomic E-state index is 0.00930. The molecule has 16 heteroatoms. The van der Waals surface area contributed by atoms with Gasteiger partial charge in [0.05, 0.1) is 28.2 Å². The van der Waals surface area contributed by atoms with Crippen LogP contribution in [0.25, 0.3) is 21.7 Å². The molecule has 66 heavy (non-hydrogen) atoms. The summed E-state index contributed by atoms with van der Waals surface area (Å²) in [5.41, 5.74) is 11.9. The fourth-order valence-electron chi connectivity index (χ4n) is 7.96. The van der Waals surface area contributed by atoms with Crippen LogP contribution in [0.1, 0.15) is 101 Å². The lowest BCUT2D eigenvalue weighted by molar-refractivity contribution is -0.144. The molecule has 0 spiro atoms. The zero-order chi connectivity index (χ0) is 47.2. The standard InChI is InChI=1S/C50H62N8O7S/c1-32-45(66-31-53-32)35-24-22-33(23-25-35)28-52-48(63)40-26-36(59)29-58(40)49(64)46(50(2,3)4)55-44(62)21-13-8-6-5-7-12-20-43(61)54-39(34-16-10-9-11-17-34)30-65-42-27-38(56-57-47(42)51)37-18-14-15-19-41(37)60/h9-11,14-19,22-25,27,31,36,39-40,46,59-60H,5-8,12-13,20-21,26,28-30H2,1-4H3,(H2,51,57)(H,52,63)(H,54,61)(H,55,62). The van der Waals surface area contributed by atoms with Gasteiger partial charge in [-0.15, -0.1) is 21.5 Å². The highest BCUT2D eigenvalue weighted by Gasteiger charge is 2.44. The Hall–Kier alpha value is -6.39. The molecular weight excluding hydrogens is 857 g/mol. The number of amides is 4. The first-order valence-corrected chi connectivity index (χ1v) is 23.5. The summed E-state index contributed by atoms with van der Waals surface area (Å²) in [7, 11) is 0. The van der Waals surface area contributed by atoms with Crippen molar-refractivity contribution in [2.45, 2.75) is 116 Å². The molecule has 6 rings (SSSR count). The van der Waals surface area contributed by atoms with Crippen molar-refractivity contribution < 1.29 is 34.1 Å². The number of aromatic nitrogens is 3. The third kappa shape index (κ3) is 13.6. The van der Waals surface area contributed by atoms with Crippen molar-refractivity contribution in [2.24, 2.45) is 5.41 Å². The van der Waals surface area contributed by atoms with E-state index in [0.717, 1.165) is 52.9 Å². The number of aryl methyl sites for hydroxylation is 1. The van der Waals surface area contributed by atoms with Crippen molar-refractivity contribution in [2.75, 3.05) is 18.9 Å². The van der Waals surface area contributed by atoms with Crippen LogP contribution in [0.4, 0.5) is 5.82 Å². The maximum atomic E-state index is 14.0. The van der Waals surface area contributed by atoms with Crippen LogP contribution in [-0.4, -0.2) is 85.3 Å². The molecule has 4 unspecified atom stereocenters. The lowest BCUT2D eigenvalue weighted by atomic mass is 9.85. The summed E-state index contributed by atoms with van der Waals surface area (Å²) in [6.07, 6.45) is 4.62. The van der Waals surface area contributed by atoms with Crippen LogP contribution >= 0.6 is 11.3 Å². The summed E-state index contributed by atoms with van der Waals surface area (Å²) < 4.78 is 6.08. The number of aliphatic hydroxyl groups is 1. The van der Waals surface area contributed by atoms with Crippen molar-refractivity contribution in [1.29, 1.82) is 0 Å². The molecule has 15 nitrogen and oxygen atoms in total. The number of nitrogen functional groups attached to an aromatic ring is 1. The SMILES string of the molecule is Cc1ncsc1-c1ccc(CNC(=O)C2CC(O)CN2C(=O)C(NC(=O)CCCCCCCCC(=O)NC(COc2cc(-c3ccccc3O)nnc2N)c2ccccc2)C(C)(C)C)cc1. The molecule has 0 aliphatic carbocycles. The van der Waals surface area contributed by atoms with Crippen molar-refractivity contribution in [3.63, 3.8) is 0 Å². The molecule has 1 aliphatic rings. The number of aromatic hydroxyl groups is 1. The zero-order valence-corrected chi connectivity index (χ0v) is 39.0. The Bertz CT molecular complexity index is 2410. The predicted octanol–water partition coefficient (Wildman–Crippen LogP) is 7.03. The predicted molar refractivity (Wildman–Crippen MR) is 255 cm³/mol. The van der Waals surface area contributed by atoms with Crippen LogP contribution in [0.15, 0.2) is 90.4 Å². The second-order valence-electron chi connectivity index (χ2n) is 17.9. The lowest BCUT2D eigenvalue weighted by Gasteiger charge is -2.35. The first kappa shape index (κ1) is 49.1. The van der Waals surface area contributed by atoms with Crippen LogP contribution in [0.5, 0.6) is 11.5 Å². The fourth-order valence-corrected chi connectivity index (χ4v) is 8.77. The molecule has 5 aromatic rings. The maximum Gasteiger partial charge on any atom is 0.246 e. The molecular formula is C50H62N8O7S. The number of anilines is 1. The van der Waals surface area contributed by atoms with Crippen LogP contribution < -0.4 is 26.4 Å². The molecule has 350 valence electrons. The van der Waals surface area contributed by atoms with E-state index in [1.54, 1.807) is 41.7 Å². The summed E-state index contributed by atoms with van der Waals surface area (Å²) in [6.45, 7) is 7.95. The largest absolute Gasteiger partial charge is 0.507 e. The number of nitrogens with two attached hydrogens (primary N) is 1. The molecule has 0 radical (unpaired) electrons. The minimum Gasteiger partial charge on any atom is -0.507 e. The third-order valence-electron chi connectivity index (χ3n) is 11.7. The van der Waals surface area contributed by atoms with Crippen LogP contribution in [-0.2, 0) is 25.7 Å². The van der Waals surface area contributed by atoms with E-state index in [1.165, 1.54) is 4.90 Å².